The molecule has 1 fully saturated rings. The number of hydrogen-bond acceptors (Lipinski definition) is 3. The molecule has 1 saturated heterocycles. The van der Waals surface area contributed by atoms with Gasteiger partial charge in [-0.3, -0.25) is 4.79 Å². The number of carboxylic acids is 1. The fourth-order valence-corrected chi connectivity index (χ4v) is 2.99. The van der Waals surface area contributed by atoms with Crippen molar-refractivity contribution in [1.29, 1.82) is 0 Å². The number of nitrogens with one attached hydrogen (secondary N) is 1. The van der Waals surface area contributed by atoms with E-state index in [-0.39, 0.29) is 17.4 Å². The molecule has 1 aliphatic heterocycles. The highest BCUT2D eigenvalue weighted by molar-refractivity contribution is 6.32. The molecule has 0 aliphatic carbocycles. The Kier molecular flexibility index (Phi) is 4.49. The van der Waals surface area contributed by atoms with Crippen LogP contribution in [0.15, 0.2) is 12.1 Å². The largest absolute Gasteiger partial charge is 0.495 e. The number of carbonyl (C=O) groups is 1. The van der Waals surface area contributed by atoms with Crippen LogP contribution < -0.4 is 10.1 Å². The lowest BCUT2D eigenvalue weighted by Crippen LogP contribution is -2.18. The highest BCUT2D eigenvalue weighted by atomic mass is 35.5. The standard InChI is InChI=1S/C16H22ClNO3/c1-16(2,3)10-6-11(14(21-4)12(17)7-10)13-5-9(8-18-13)15(19)20/h6-7,9,13,18H,5,8H2,1-4H3,(H,19,20). The summed E-state index contributed by atoms with van der Waals surface area (Å²) >= 11 is 6.35. The second kappa shape index (κ2) is 5.85. The minimum Gasteiger partial charge on any atom is -0.495 e. The van der Waals surface area contributed by atoms with Crippen LogP contribution in [-0.4, -0.2) is 24.7 Å². The first-order chi connectivity index (χ1) is 9.74. The van der Waals surface area contributed by atoms with Gasteiger partial charge in [-0.05, 0) is 29.5 Å². The summed E-state index contributed by atoms with van der Waals surface area (Å²) in [5.41, 5.74) is 2.03. The highest BCUT2D eigenvalue weighted by Gasteiger charge is 2.33. The van der Waals surface area contributed by atoms with Crippen molar-refractivity contribution in [2.24, 2.45) is 5.92 Å². The van der Waals surface area contributed by atoms with E-state index in [0.717, 1.165) is 11.1 Å². The van der Waals surface area contributed by atoms with E-state index in [9.17, 15) is 4.79 Å². The Morgan fingerprint density at radius 2 is 2.10 bits per heavy atom. The molecule has 0 amide bonds. The van der Waals surface area contributed by atoms with Crippen LogP contribution in [0, 0.1) is 5.92 Å². The lowest BCUT2D eigenvalue weighted by molar-refractivity contribution is -0.141. The van der Waals surface area contributed by atoms with Gasteiger partial charge in [0.25, 0.3) is 0 Å². The summed E-state index contributed by atoms with van der Waals surface area (Å²) in [5, 5.41) is 13.0. The Hall–Kier alpha value is -1.26. The van der Waals surface area contributed by atoms with E-state index < -0.39 is 5.97 Å². The van der Waals surface area contributed by atoms with Gasteiger partial charge in [-0.25, -0.2) is 0 Å². The van der Waals surface area contributed by atoms with Crippen LogP contribution in [0.25, 0.3) is 0 Å². The molecule has 2 unspecified atom stereocenters. The van der Waals surface area contributed by atoms with Crippen LogP contribution in [-0.2, 0) is 10.2 Å². The average Bonchev–Trinajstić information content (AvgIpc) is 2.86. The molecule has 2 N–H and O–H groups in total. The summed E-state index contributed by atoms with van der Waals surface area (Å²) in [7, 11) is 1.59. The first-order valence-electron chi connectivity index (χ1n) is 7.08. The number of methoxy groups -OCH3 is 1. The molecule has 4 nitrogen and oxygen atoms in total. The molecule has 5 heteroatoms. The monoisotopic (exact) mass is 311 g/mol. The zero-order chi connectivity index (χ0) is 15.8. The SMILES string of the molecule is COc1c(Cl)cc(C(C)(C)C)cc1C1CC(C(=O)O)CN1. The zero-order valence-corrected chi connectivity index (χ0v) is 13.6. The molecule has 21 heavy (non-hydrogen) atoms. The molecule has 0 bridgehead atoms. The quantitative estimate of drug-likeness (QED) is 0.898. The van der Waals surface area contributed by atoms with Gasteiger partial charge in [0.1, 0.15) is 5.75 Å². The zero-order valence-electron chi connectivity index (χ0n) is 12.9. The topological polar surface area (TPSA) is 58.6 Å². The lowest BCUT2D eigenvalue weighted by Gasteiger charge is -2.24. The molecule has 0 saturated carbocycles. The average molecular weight is 312 g/mol. The second-order valence-corrected chi connectivity index (χ2v) is 6.97. The molecule has 0 aromatic heterocycles. The minimum atomic E-state index is -0.762. The normalized spacial score (nSPS) is 22.3. The first kappa shape index (κ1) is 16.1. The molecular formula is C16H22ClNO3. The summed E-state index contributed by atoms with van der Waals surface area (Å²) in [5.74, 6) is -0.494. The third kappa shape index (κ3) is 3.33. The van der Waals surface area contributed by atoms with Crippen LogP contribution in [0.3, 0.4) is 0 Å². The fourth-order valence-electron chi connectivity index (χ4n) is 2.68. The molecule has 0 radical (unpaired) electrons. The van der Waals surface area contributed by atoms with Crippen molar-refractivity contribution in [3.8, 4) is 5.75 Å². The van der Waals surface area contributed by atoms with Crippen molar-refractivity contribution in [1.82, 2.24) is 5.32 Å². The number of carboxylic acid groups (broad SMARTS) is 1. The third-order valence-electron chi connectivity index (χ3n) is 4.00. The van der Waals surface area contributed by atoms with E-state index in [1.165, 1.54) is 0 Å². The Bertz CT molecular complexity index is 551. The van der Waals surface area contributed by atoms with Gasteiger partial charge < -0.3 is 15.2 Å². The number of ether oxygens (including phenoxy) is 1. The maximum absolute atomic E-state index is 11.1. The number of hydrogen-bond donors (Lipinski definition) is 2. The van der Waals surface area contributed by atoms with E-state index in [2.05, 4.69) is 32.2 Å². The maximum atomic E-state index is 11.1. The maximum Gasteiger partial charge on any atom is 0.307 e. The minimum absolute atomic E-state index is 0.0323. The fraction of sp³-hybridized carbons (Fsp3) is 0.562. The summed E-state index contributed by atoms with van der Waals surface area (Å²) < 4.78 is 5.43. The van der Waals surface area contributed by atoms with Crippen molar-refractivity contribution >= 4 is 17.6 Å². The predicted octanol–water partition coefficient (Wildman–Crippen LogP) is 3.38. The van der Waals surface area contributed by atoms with Crippen molar-refractivity contribution in [3.63, 3.8) is 0 Å². The van der Waals surface area contributed by atoms with E-state index in [0.29, 0.717) is 23.7 Å². The van der Waals surface area contributed by atoms with Crippen molar-refractivity contribution < 1.29 is 14.6 Å². The molecular weight excluding hydrogens is 290 g/mol. The molecule has 1 aliphatic rings. The molecule has 116 valence electrons. The van der Waals surface area contributed by atoms with Crippen LogP contribution in [0.5, 0.6) is 5.75 Å². The summed E-state index contributed by atoms with van der Waals surface area (Å²) in [6.07, 6.45) is 0.551. The van der Waals surface area contributed by atoms with Crippen molar-refractivity contribution in [2.45, 2.75) is 38.6 Å². The second-order valence-electron chi connectivity index (χ2n) is 6.56. The van der Waals surface area contributed by atoms with Crippen molar-refractivity contribution in [2.75, 3.05) is 13.7 Å². The summed E-state index contributed by atoms with van der Waals surface area (Å²) in [6.45, 7) is 6.84. The third-order valence-corrected chi connectivity index (χ3v) is 4.28. The molecule has 2 atom stereocenters. The smallest absolute Gasteiger partial charge is 0.307 e. The Labute approximate surface area is 130 Å². The van der Waals surface area contributed by atoms with Crippen LogP contribution >= 0.6 is 11.6 Å². The van der Waals surface area contributed by atoms with Gasteiger partial charge in [-0.15, -0.1) is 0 Å². The van der Waals surface area contributed by atoms with Gasteiger partial charge in [-0.1, -0.05) is 32.4 Å². The molecule has 0 spiro atoms. The van der Waals surface area contributed by atoms with Gasteiger partial charge >= 0.3 is 5.97 Å². The molecule has 2 rings (SSSR count). The number of aliphatic carboxylic acids is 1. The van der Waals surface area contributed by atoms with Gasteiger partial charge in [-0.2, -0.15) is 0 Å². The number of rotatable bonds is 3. The predicted molar refractivity (Wildman–Crippen MR) is 83.2 cm³/mol. The van der Waals surface area contributed by atoms with E-state index in [1.807, 2.05) is 6.07 Å². The summed E-state index contributed by atoms with van der Waals surface area (Å²) in [4.78, 5) is 11.1. The van der Waals surface area contributed by atoms with Gasteiger partial charge in [0.15, 0.2) is 0 Å². The van der Waals surface area contributed by atoms with Gasteiger partial charge in [0.05, 0.1) is 18.1 Å². The van der Waals surface area contributed by atoms with Crippen LogP contribution in [0.2, 0.25) is 5.02 Å². The van der Waals surface area contributed by atoms with Crippen LogP contribution in [0.4, 0.5) is 0 Å². The highest BCUT2D eigenvalue weighted by Crippen LogP contribution is 2.40. The molecule has 1 aromatic carbocycles. The summed E-state index contributed by atoms with van der Waals surface area (Å²) in [6, 6.07) is 3.96. The number of halogens is 1. The van der Waals surface area contributed by atoms with Gasteiger partial charge in [0, 0.05) is 18.2 Å². The van der Waals surface area contributed by atoms with Gasteiger partial charge in [0.2, 0.25) is 0 Å². The Morgan fingerprint density at radius 3 is 2.57 bits per heavy atom. The van der Waals surface area contributed by atoms with Crippen LogP contribution in [0.1, 0.15) is 44.4 Å². The van der Waals surface area contributed by atoms with Crippen molar-refractivity contribution in [3.05, 3.63) is 28.3 Å². The Balaban J connectivity index is 2.42. The molecule has 1 heterocycles. The number of benzene rings is 1. The van der Waals surface area contributed by atoms with E-state index >= 15 is 0 Å². The molecule has 1 aromatic rings. The Morgan fingerprint density at radius 1 is 1.43 bits per heavy atom. The van der Waals surface area contributed by atoms with E-state index in [1.54, 1.807) is 7.11 Å². The lowest BCUT2D eigenvalue weighted by atomic mass is 9.84. The van der Waals surface area contributed by atoms with E-state index in [4.69, 9.17) is 21.4 Å². The first-order valence-corrected chi connectivity index (χ1v) is 7.46.